The Morgan fingerprint density at radius 1 is 0.871 bits per heavy atom. The number of imide groups is 1. The maximum Gasteiger partial charge on any atom is 0.295 e. The number of piperidine rings is 1. The zero-order chi connectivity index (χ0) is 21.7. The fraction of sp³-hybridized carbons (Fsp3) is 0.0500. The number of aromatic nitrogens is 3. The number of carbonyl (C=O) groups excluding carboxylic acids is 3. The standard InChI is InChI=1S/C20H11N5O5S/c26-15-13(20-22-9-5-1-2-7-11(9)31-20)14(18(29)23-19(15)30)21-10-6-3-4-8-12(10)17(28)25-24-16(8)27/h1-7,13H,(H,24,27)(H,25,28)(H,23,29,30)/t13-/m1/s1. The number of nitrogens with one attached hydrogen (secondary N) is 3. The Morgan fingerprint density at radius 3 is 2.45 bits per heavy atom. The number of ketones is 1. The topological polar surface area (TPSA) is 154 Å². The second-order valence-corrected chi connectivity index (χ2v) is 7.77. The molecule has 0 radical (unpaired) electrons. The molecular formula is C20H11N5O5S. The van der Waals surface area contributed by atoms with Crippen LogP contribution in [0.4, 0.5) is 5.69 Å². The van der Waals surface area contributed by atoms with Crippen LogP contribution in [0.25, 0.3) is 21.0 Å². The number of benzene rings is 2. The summed E-state index contributed by atoms with van der Waals surface area (Å²) >= 11 is 1.17. The third kappa shape index (κ3) is 2.99. The summed E-state index contributed by atoms with van der Waals surface area (Å²) in [6, 6.07) is 11.5. The quantitative estimate of drug-likeness (QED) is 0.315. The Morgan fingerprint density at radius 2 is 1.65 bits per heavy atom. The van der Waals surface area contributed by atoms with Gasteiger partial charge in [-0.1, -0.05) is 18.2 Å². The van der Waals surface area contributed by atoms with Gasteiger partial charge in [0.15, 0.2) is 0 Å². The largest absolute Gasteiger partial charge is 0.295 e. The van der Waals surface area contributed by atoms with Crippen molar-refractivity contribution in [2.75, 3.05) is 0 Å². The van der Waals surface area contributed by atoms with Crippen LogP contribution in [-0.2, 0) is 14.4 Å². The number of carbonyl (C=O) groups is 3. The summed E-state index contributed by atoms with van der Waals surface area (Å²) in [6.45, 7) is 0. The molecule has 3 heterocycles. The van der Waals surface area contributed by atoms with Gasteiger partial charge in [0.1, 0.15) is 16.6 Å². The molecule has 0 unspecified atom stereocenters. The molecule has 5 rings (SSSR count). The first-order chi connectivity index (χ1) is 14.9. The van der Waals surface area contributed by atoms with E-state index < -0.39 is 34.6 Å². The van der Waals surface area contributed by atoms with Crippen LogP contribution < -0.4 is 16.4 Å². The fourth-order valence-corrected chi connectivity index (χ4v) is 4.48. The first-order valence-electron chi connectivity index (χ1n) is 9.01. The minimum absolute atomic E-state index is 0.0169. The summed E-state index contributed by atoms with van der Waals surface area (Å²) in [4.78, 5) is 70.5. The summed E-state index contributed by atoms with van der Waals surface area (Å²) < 4.78 is 0.774. The van der Waals surface area contributed by atoms with Crippen LogP contribution in [0.15, 0.2) is 57.0 Å². The van der Waals surface area contributed by atoms with E-state index in [-0.39, 0.29) is 27.2 Å². The number of hydrogen-bond donors (Lipinski definition) is 3. The van der Waals surface area contributed by atoms with Gasteiger partial charge >= 0.3 is 0 Å². The van der Waals surface area contributed by atoms with Gasteiger partial charge in [-0.05, 0) is 24.3 Å². The van der Waals surface area contributed by atoms with Crippen molar-refractivity contribution in [2.45, 2.75) is 5.92 Å². The van der Waals surface area contributed by atoms with E-state index in [1.54, 1.807) is 24.3 Å². The third-order valence-electron chi connectivity index (χ3n) is 4.82. The summed E-state index contributed by atoms with van der Waals surface area (Å²) in [5, 5.41) is 6.67. The molecule has 31 heavy (non-hydrogen) atoms. The highest BCUT2D eigenvalue weighted by Gasteiger charge is 2.43. The van der Waals surface area contributed by atoms with Crippen LogP contribution in [0.1, 0.15) is 10.9 Å². The van der Waals surface area contributed by atoms with Crippen molar-refractivity contribution >= 4 is 61.3 Å². The SMILES string of the molecule is O=C1NC(=O)C(=Nc2cccc3c(=O)[nH][nH]c(=O)c23)[C@@H](c2nc3ccccc3s2)C1=O. The van der Waals surface area contributed by atoms with Crippen LogP contribution >= 0.6 is 11.3 Å². The van der Waals surface area contributed by atoms with E-state index in [0.717, 1.165) is 4.70 Å². The minimum Gasteiger partial charge on any atom is -0.287 e. The Balaban J connectivity index is 1.76. The van der Waals surface area contributed by atoms with E-state index in [9.17, 15) is 24.0 Å². The van der Waals surface area contributed by atoms with Gasteiger partial charge in [-0.3, -0.25) is 39.5 Å². The zero-order valence-electron chi connectivity index (χ0n) is 15.5. The highest BCUT2D eigenvalue weighted by Crippen LogP contribution is 2.32. The van der Waals surface area contributed by atoms with E-state index in [2.05, 4.69) is 20.2 Å². The molecule has 3 N–H and O–H groups in total. The number of rotatable bonds is 2. The molecule has 11 heteroatoms. The van der Waals surface area contributed by atoms with Gasteiger partial charge in [-0.15, -0.1) is 11.3 Å². The number of hydrogen-bond acceptors (Lipinski definition) is 8. The molecule has 2 aromatic carbocycles. The number of aromatic amines is 2. The number of thiazole rings is 1. The molecule has 0 spiro atoms. The number of Topliss-reactive ketones (excluding diaryl/α,β-unsaturated/α-hetero) is 1. The van der Waals surface area contributed by atoms with E-state index >= 15 is 0 Å². The van der Waals surface area contributed by atoms with Crippen molar-refractivity contribution < 1.29 is 14.4 Å². The van der Waals surface area contributed by atoms with Gasteiger partial charge in [0.05, 0.1) is 26.7 Å². The first-order valence-corrected chi connectivity index (χ1v) is 9.83. The van der Waals surface area contributed by atoms with Crippen LogP contribution in [0.2, 0.25) is 0 Å². The van der Waals surface area contributed by atoms with Crippen molar-refractivity contribution in [3.05, 3.63) is 68.2 Å². The molecule has 1 fully saturated rings. The molecule has 1 atom stereocenters. The molecular weight excluding hydrogens is 422 g/mol. The van der Waals surface area contributed by atoms with E-state index in [1.165, 1.54) is 29.5 Å². The third-order valence-corrected chi connectivity index (χ3v) is 5.92. The van der Waals surface area contributed by atoms with Crippen molar-refractivity contribution in [3.63, 3.8) is 0 Å². The molecule has 152 valence electrons. The molecule has 4 aromatic rings. The fourth-order valence-electron chi connectivity index (χ4n) is 3.41. The molecule has 2 aromatic heterocycles. The Kier molecular flexibility index (Phi) is 4.19. The summed E-state index contributed by atoms with van der Waals surface area (Å²) in [5.74, 6) is -4.13. The predicted molar refractivity (Wildman–Crippen MR) is 113 cm³/mol. The van der Waals surface area contributed by atoms with Crippen molar-refractivity contribution in [2.24, 2.45) is 4.99 Å². The first kappa shape index (κ1) is 18.8. The van der Waals surface area contributed by atoms with Gasteiger partial charge in [0, 0.05) is 0 Å². The lowest BCUT2D eigenvalue weighted by Crippen LogP contribution is -2.51. The second-order valence-electron chi connectivity index (χ2n) is 6.71. The van der Waals surface area contributed by atoms with E-state index in [1.807, 2.05) is 5.32 Å². The molecule has 10 nitrogen and oxygen atoms in total. The lowest BCUT2D eigenvalue weighted by Gasteiger charge is -2.20. The zero-order valence-corrected chi connectivity index (χ0v) is 16.3. The predicted octanol–water partition coefficient (Wildman–Crippen LogP) is 0.908. The molecule has 0 saturated carbocycles. The van der Waals surface area contributed by atoms with Crippen LogP contribution in [0, 0.1) is 0 Å². The minimum atomic E-state index is -1.32. The number of fused-ring (bicyclic) bond motifs is 2. The van der Waals surface area contributed by atoms with Gasteiger partial charge in [-0.2, -0.15) is 0 Å². The number of H-pyrrole nitrogens is 2. The molecule has 1 saturated heterocycles. The van der Waals surface area contributed by atoms with Crippen molar-refractivity contribution in [1.29, 1.82) is 0 Å². The van der Waals surface area contributed by atoms with Crippen molar-refractivity contribution in [1.82, 2.24) is 20.5 Å². The summed E-state index contributed by atoms with van der Waals surface area (Å²) in [6.07, 6.45) is 0. The lowest BCUT2D eigenvalue weighted by atomic mass is 9.93. The highest BCUT2D eigenvalue weighted by molar-refractivity contribution is 7.19. The molecule has 0 bridgehead atoms. The van der Waals surface area contributed by atoms with E-state index in [4.69, 9.17) is 0 Å². The normalized spacial score (nSPS) is 18.1. The summed E-state index contributed by atoms with van der Waals surface area (Å²) in [7, 11) is 0. The maximum absolute atomic E-state index is 12.7. The number of aliphatic imine (C=N–C) groups is 1. The molecule has 2 amide bonds. The van der Waals surface area contributed by atoms with Crippen LogP contribution in [0.5, 0.6) is 0 Å². The van der Waals surface area contributed by atoms with Crippen LogP contribution in [-0.4, -0.2) is 38.5 Å². The van der Waals surface area contributed by atoms with Gasteiger partial charge in [-0.25, -0.2) is 9.98 Å². The van der Waals surface area contributed by atoms with E-state index in [0.29, 0.717) is 5.52 Å². The Bertz CT molecular complexity index is 1550. The monoisotopic (exact) mass is 433 g/mol. The van der Waals surface area contributed by atoms with Crippen molar-refractivity contribution in [3.8, 4) is 0 Å². The molecule has 1 aliphatic rings. The summed E-state index contributed by atoms with van der Waals surface area (Å²) in [5.41, 5.74) is -0.816. The lowest BCUT2D eigenvalue weighted by molar-refractivity contribution is -0.141. The highest BCUT2D eigenvalue weighted by atomic mass is 32.1. The second kappa shape index (κ2) is 6.92. The average Bonchev–Trinajstić information content (AvgIpc) is 3.18. The number of para-hydroxylation sites is 1. The van der Waals surface area contributed by atoms with Gasteiger partial charge in [0.2, 0.25) is 5.78 Å². The molecule has 0 aliphatic carbocycles. The van der Waals surface area contributed by atoms with Crippen LogP contribution in [0.3, 0.4) is 0 Å². The maximum atomic E-state index is 12.7. The number of amides is 2. The van der Waals surface area contributed by atoms with Gasteiger partial charge in [0.25, 0.3) is 22.9 Å². The average molecular weight is 433 g/mol. The molecule has 1 aliphatic heterocycles. The van der Waals surface area contributed by atoms with Gasteiger partial charge < -0.3 is 0 Å². The number of nitrogens with zero attached hydrogens (tertiary/aromatic N) is 2. The Hall–Kier alpha value is -4.25. The Labute approximate surface area is 175 Å². The smallest absolute Gasteiger partial charge is 0.287 e.